The summed E-state index contributed by atoms with van der Waals surface area (Å²) in [6.07, 6.45) is 43.5. The van der Waals surface area contributed by atoms with Crippen LogP contribution in [0.5, 0.6) is 0 Å². The Hall–Kier alpha value is -0.120. The molecule has 0 N–H and O–H groups in total. The van der Waals surface area contributed by atoms with E-state index < -0.39 is 0 Å². The van der Waals surface area contributed by atoms with E-state index in [1.165, 1.54) is 205 Å². The molecule has 0 radical (unpaired) electrons. The van der Waals surface area contributed by atoms with Crippen LogP contribution in [0.3, 0.4) is 0 Å². The molecule has 0 spiro atoms. The van der Waals surface area contributed by atoms with Crippen molar-refractivity contribution in [3.63, 3.8) is 0 Å². The molecule has 3 heteroatoms. The van der Waals surface area contributed by atoms with Gasteiger partial charge >= 0.3 is 0 Å². The van der Waals surface area contributed by atoms with E-state index in [1.54, 1.807) is 0 Å². The number of rotatable bonds is 36. The van der Waals surface area contributed by atoms with Gasteiger partial charge in [-0.3, -0.25) is 0 Å². The van der Waals surface area contributed by atoms with Gasteiger partial charge in [-0.1, -0.05) is 207 Å². The van der Waals surface area contributed by atoms with Gasteiger partial charge in [0.15, 0.2) is 0 Å². The normalized spacial score (nSPS) is 20.3. The maximum Gasteiger partial charge on any atom is 0.110 e. The van der Waals surface area contributed by atoms with Crippen molar-refractivity contribution in [3.05, 3.63) is 0 Å². The minimum atomic E-state index is -0.110. The predicted octanol–water partition coefficient (Wildman–Crippen LogP) is 13.8. The molecule has 2 saturated heterocycles. The standard InChI is InChI=1S/C42H82O3/c1-5-9-13-17-21-23-27-31-35-41(39-37-43-39,33-29-25-19-15-11-7-3)45-42(40-38-44-40,34-30-26-20-16-12-8-4)36-32-28-24-22-18-14-10-6-2/h39-40H,5-38H2,1-4H3. The van der Waals surface area contributed by atoms with Crippen molar-refractivity contribution in [3.8, 4) is 0 Å². The Bertz CT molecular complexity index is 590. The highest BCUT2D eigenvalue weighted by Gasteiger charge is 2.56. The van der Waals surface area contributed by atoms with Crippen molar-refractivity contribution < 1.29 is 14.2 Å². The topological polar surface area (TPSA) is 34.3 Å². The second kappa shape index (κ2) is 26.8. The fourth-order valence-electron chi connectivity index (χ4n) is 7.86. The number of hydrogen-bond acceptors (Lipinski definition) is 3. The predicted molar refractivity (Wildman–Crippen MR) is 196 cm³/mol. The molecule has 2 aliphatic rings. The zero-order valence-corrected chi connectivity index (χ0v) is 31.4. The lowest BCUT2D eigenvalue weighted by molar-refractivity contribution is -0.192. The highest BCUT2D eigenvalue weighted by Crippen LogP contribution is 2.47. The van der Waals surface area contributed by atoms with E-state index in [4.69, 9.17) is 14.2 Å². The molecule has 2 rings (SSSR count). The molecule has 3 nitrogen and oxygen atoms in total. The Kier molecular flexibility index (Phi) is 24.4. The molecule has 2 heterocycles. The molecule has 45 heavy (non-hydrogen) atoms. The Morgan fingerprint density at radius 2 is 0.556 bits per heavy atom. The third-order valence-corrected chi connectivity index (χ3v) is 11.1. The third-order valence-electron chi connectivity index (χ3n) is 11.1. The first-order chi connectivity index (χ1) is 22.2. The molecule has 0 aromatic carbocycles. The van der Waals surface area contributed by atoms with Crippen LogP contribution in [-0.4, -0.2) is 36.6 Å². The number of epoxide rings is 2. The molecule has 0 aromatic rings. The second-order valence-electron chi connectivity index (χ2n) is 15.4. The monoisotopic (exact) mass is 635 g/mol. The molecule has 0 aliphatic carbocycles. The highest BCUT2D eigenvalue weighted by atomic mass is 16.6. The first-order valence-corrected chi connectivity index (χ1v) is 21.1. The summed E-state index contributed by atoms with van der Waals surface area (Å²) in [5.74, 6) is 0. The average Bonchev–Trinajstić information content (AvgIpc) is 3.96. The lowest BCUT2D eigenvalue weighted by Gasteiger charge is -2.44. The minimum Gasteiger partial charge on any atom is -0.370 e. The molecule has 0 bridgehead atoms. The summed E-state index contributed by atoms with van der Waals surface area (Å²) in [6, 6.07) is 0. The van der Waals surface area contributed by atoms with Crippen molar-refractivity contribution in [1.29, 1.82) is 0 Å². The summed E-state index contributed by atoms with van der Waals surface area (Å²) in [4.78, 5) is 0. The molecule has 2 fully saturated rings. The first-order valence-electron chi connectivity index (χ1n) is 21.1. The van der Waals surface area contributed by atoms with Crippen LogP contribution in [0, 0.1) is 0 Å². The van der Waals surface area contributed by atoms with E-state index in [9.17, 15) is 0 Å². The summed E-state index contributed by atoms with van der Waals surface area (Å²) >= 11 is 0. The van der Waals surface area contributed by atoms with Gasteiger partial charge in [-0.15, -0.1) is 0 Å². The van der Waals surface area contributed by atoms with E-state index in [-0.39, 0.29) is 11.2 Å². The molecule has 2 aliphatic heterocycles. The van der Waals surface area contributed by atoms with Crippen molar-refractivity contribution in [1.82, 2.24) is 0 Å². The van der Waals surface area contributed by atoms with Crippen molar-refractivity contribution >= 4 is 0 Å². The van der Waals surface area contributed by atoms with Crippen LogP contribution >= 0.6 is 0 Å². The Balaban J connectivity index is 2.09. The molecular formula is C42H82O3. The third kappa shape index (κ3) is 18.9. The summed E-state index contributed by atoms with van der Waals surface area (Å²) in [6.45, 7) is 11.1. The fraction of sp³-hybridized carbons (Fsp3) is 1.00. The minimum absolute atomic E-state index is 0.110. The van der Waals surface area contributed by atoms with Gasteiger partial charge in [-0.25, -0.2) is 0 Å². The van der Waals surface area contributed by atoms with E-state index in [2.05, 4.69) is 27.7 Å². The van der Waals surface area contributed by atoms with Crippen LogP contribution in [0.1, 0.15) is 233 Å². The Morgan fingerprint density at radius 1 is 0.356 bits per heavy atom. The Morgan fingerprint density at radius 3 is 0.756 bits per heavy atom. The van der Waals surface area contributed by atoms with Crippen LogP contribution in [0.2, 0.25) is 0 Å². The van der Waals surface area contributed by atoms with Gasteiger partial charge in [-0.05, 0) is 25.7 Å². The Labute approximate surface area is 283 Å². The van der Waals surface area contributed by atoms with Crippen LogP contribution in [0.15, 0.2) is 0 Å². The second-order valence-corrected chi connectivity index (χ2v) is 15.4. The quantitative estimate of drug-likeness (QED) is 0.0508. The van der Waals surface area contributed by atoms with Crippen molar-refractivity contribution in [2.45, 2.75) is 257 Å². The summed E-state index contributed by atoms with van der Waals surface area (Å²) in [5, 5.41) is 0. The number of unbranched alkanes of at least 4 members (excludes halogenated alkanes) is 24. The van der Waals surface area contributed by atoms with Gasteiger partial charge in [0.05, 0.1) is 24.4 Å². The zero-order chi connectivity index (χ0) is 32.3. The average molecular weight is 635 g/mol. The molecule has 0 saturated carbocycles. The van der Waals surface area contributed by atoms with E-state index in [1.807, 2.05) is 0 Å². The molecule has 4 unspecified atom stereocenters. The maximum absolute atomic E-state index is 7.80. The fourth-order valence-corrected chi connectivity index (χ4v) is 7.86. The van der Waals surface area contributed by atoms with E-state index in [0.29, 0.717) is 12.2 Å². The lowest BCUT2D eigenvalue weighted by atomic mass is 9.81. The maximum atomic E-state index is 7.80. The van der Waals surface area contributed by atoms with Crippen LogP contribution in [0.25, 0.3) is 0 Å². The van der Waals surface area contributed by atoms with Crippen LogP contribution in [0.4, 0.5) is 0 Å². The van der Waals surface area contributed by atoms with Gasteiger partial charge in [-0.2, -0.15) is 0 Å². The van der Waals surface area contributed by atoms with Gasteiger partial charge in [0, 0.05) is 0 Å². The van der Waals surface area contributed by atoms with Gasteiger partial charge in [0.25, 0.3) is 0 Å². The highest BCUT2D eigenvalue weighted by molar-refractivity contribution is 5.04. The SMILES string of the molecule is CCCCCCCCCCC(CCCCCCCC)(OC(CCCCCCCC)(CCCCCCCCCC)C1CO1)C1CO1. The van der Waals surface area contributed by atoms with Crippen molar-refractivity contribution in [2.75, 3.05) is 13.2 Å². The first kappa shape index (κ1) is 41.1. The molecule has 4 atom stereocenters. The largest absolute Gasteiger partial charge is 0.370 e. The number of ether oxygens (including phenoxy) is 3. The van der Waals surface area contributed by atoms with E-state index in [0.717, 1.165) is 13.2 Å². The zero-order valence-electron chi connectivity index (χ0n) is 31.4. The number of hydrogen-bond donors (Lipinski definition) is 0. The van der Waals surface area contributed by atoms with Gasteiger partial charge in [0.2, 0.25) is 0 Å². The smallest absolute Gasteiger partial charge is 0.110 e. The summed E-state index contributed by atoms with van der Waals surface area (Å²) in [7, 11) is 0. The van der Waals surface area contributed by atoms with Gasteiger partial charge in [0.1, 0.15) is 12.2 Å². The van der Waals surface area contributed by atoms with E-state index >= 15 is 0 Å². The summed E-state index contributed by atoms with van der Waals surface area (Å²) in [5.41, 5.74) is -0.220. The lowest BCUT2D eigenvalue weighted by Crippen LogP contribution is -2.51. The van der Waals surface area contributed by atoms with Crippen LogP contribution < -0.4 is 0 Å². The molecular weight excluding hydrogens is 552 g/mol. The molecule has 0 aromatic heterocycles. The molecule has 268 valence electrons. The van der Waals surface area contributed by atoms with Gasteiger partial charge < -0.3 is 14.2 Å². The molecule has 0 amide bonds. The van der Waals surface area contributed by atoms with Crippen molar-refractivity contribution in [2.24, 2.45) is 0 Å². The summed E-state index contributed by atoms with van der Waals surface area (Å²) < 4.78 is 20.3. The van der Waals surface area contributed by atoms with Crippen LogP contribution in [-0.2, 0) is 14.2 Å².